The second-order valence-corrected chi connectivity index (χ2v) is 5.59. The Balaban J connectivity index is 3.02. The molecule has 1 atom stereocenters. The van der Waals surface area contributed by atoms with E-state index in [0.717, 1.165) is 6.07 Å². The molecule has 19 heavy (non-hydrogen) atoms. The average molecular weight is 286 g/mol. The third-order valence-electron chi connectivity index (χ3n) is 2.31. The van der Waals surface area contributed by atoms with Crippen molar-refractivity contribution in [1.82, 2.24) is 4.72 Å². The molecule has 0 aromatic heterocycles. The molecule has 0 heterocycles. The molecule has 0 amide bonds. The lowest BCUT2D eigenvalue weighted by atomic mass is 10.2. The third-order valence-corrected chi connectivity index (χ3v) is 3.94. The van der Waals surface area contributed by atoms with Crippen molar-refractivity contribution in [2.24, 2.45) is 0 Å². The van der Waals surface area contributed by atoms with Crippen molar-refractivity contribution in [3.63, 3.8) is 0 Å². The predicted molar refractivity (Wildman–Crippen MR) is 67.4 cm³/mol. The van der Waals surface area contributed by atoms with Crippen LogP contribution in [0.2, 0.25) is 0 Å². The van der Waals surface area contributed by atoms with E-state index >= 15 is 0 Å². The zero-order chi connectivity index (χ0) is 14.5. The molecule has 0 aliphatic heterocycles. The van der Waals surface area contributed by atoms with Gasteiger partial charge in [-0.3, -0.25) is 0 Å². The first kappa shape index (κ1) is 15.6. The van der Waals surface area contributed by atoms with E-state index in [-0.39, 0.29) is 11.5 Å². The summed E-state index contributed by atoms with van der Waals surface area (Å²) >= 11 is 0. The van der Waals surface area contributed by atoms with Crippen LogP contribution in [0.3, 0.4) is 0 Å². The van der Waals surface area contributed by atoms with Crippen molar-refractivity contribution in [2.75, 3.05) is 13.2 Å². The summed E-state index contributed by atoms with van der Waals surface area (Å²) in [7, 11) is -3.95. The highest BCUT2D eigenvalue weighted by molar-refractivity contribution is 7.89. The molecule has 0 fully saturated rings. The van der Waals surface area contributed by atoms with Crippen molar-refractivity contribution < 1.29 is 17.5 Å². The molecule has 0 saturated heterocycles. The van der Waals surface area contributed by atoms with Crippen LogP contribution in [-0.2, 0) is 14.8 Å². The van der Waals surface area contributed by atoms with Crippen molar-refractivity contribution in [3.8, 4) is 6.07 Å². The van der Waals surface area contributed by atoms with Crippen molar-refractivity contribution in [1.29, 1.82) is 5.26 Å². The fourth-order valence-electron chi connectivity index (χ4n) is 1.49. The molecule has 1 aromatic carbocycles. The Kier molecular flexibility index (Phi) is 5.42. The molecule has 0 bridgehead atoms. The van der Waals surface area contributed by atoms with Gasteiger partial charge < -0.3 is 4.74 Å². The maximum absolute atomic E-state index is 13.4. The largest absolute Gasteiger partial charge is 0.380 e. The number of hydrogen-bond donors (Lipinski definition) is 1. The smallest absolute Gasteiger partial charge is 0.242 e. The Hall–Kier alpha value is -1.49. The summed E-state index contributed by atoms with van der Waals surface area (Å²) in [5.41, 5.74) is -0.487. The molecule has 0 radical (unpaired) electrons. The second kappa shape index (κ2) is 6.61. The van der Waals surface area contributed by atoms with Crippen molar-refractivity contribution in [3.05, 3.63) is 29.6 Å². The van der Waals surface area contributed by atoms with Gasteiger partial charge in [0.25, 0.3) is 0 Å². The maximum atomic E-state index is 13.4. The first-order chi connectivity index (χ1) is 8.92. The highest BCUT2D eigenvalue weighted by Crippen LogP contribution is 2.18. The summed E-state index contributed by atoms with van der Waals surface area (Å²) in [6.45, 7) is 4.09. The van der Waals surface area contributed by atoms with Gasteiger partial charge in [-0.05, 0) is 26.0 Å². The lowest BCUT2D eigenvalue weighted by Gasteiger charge is -2.14. The number of benzene rings is 1. The normalized spacial score (nSPS) is 12.9. The molecule has 0 saturated carbocycles. The minimum absolute atomic E-state index is 0.201. The van der Waals surface area contributed by atoms with Crippen LogP contribution in [0.1, 0.15) is 19.4 Å². The lowest BCUT2D eigenvalue weighted by molar-refractivity contribution is 0.133. The van der Waals surface area contributed by atoms with E-state index in [1.54, 1.807) is 19.9 Å². The Bertz CT molecular complexity index is 581. The summed E-state index contributed by atoms with van der Waals surface area (Å²) in [6, 6.07) is 4.57. The van der Waals surface area contributed by atoms with E-state index in [9.17, 15) is 12.8 Å². The van der Waals surface area contributed by atoms with Crippen LogP contribution in [0, 0.1) is 17.1 Å². The van der Waals surface area contributed by atoms with Gasteiger partial charge in [-0.15, -0.1) is 0 Å². The summed E-state index contributed by atoms with van der Waals surface area (Å²) in [6.07, 6.45) is 0. The van der Waals surface area contributed by atoms with Crippen LogP contribution >= 0.6 is 0 Å². The molecule has 1 N–H and O–H groups in total. The molecule has 0 spiro atoms. The molecule has 5 nitrogen and oxygen atoms in total. The maximum Gasteiger partial charge on any atom is 0.242 e. The molecule has 7 heteroatoms. The van der Waals surface area contributed by atoms with Crippen LogP contribution in [0.15, 0.2) is 23.1 Å². The highest BCUT2D eigenvalue weighted by Gasteiger charge is 2.22. The number of halogens is 1. The Morgan fingerprint density at radius 1 is 1.53 bits per heavy atom. The van der Waals surface area contributed by atoms with E-state index in [2.05, 4.69) is 4.72 Å². The second-order valence-electron chi connectivity index (χ2n) is 3.91. The Morgan fingerprint density at radius 3 is 2.79 bits per heavy atom. The molecule has 0 aliphatic carbocycles. The van der Waals surface area contributed by atoms with Gasteiger partial charge in [-0.1, -0.05) is 6.07 Å². The number of nitriles is 1. The van der Waals surface area contributed by atoms with Gasteiger partial charge in [0.15, 0.2) is 0 Å². The summed E-state index contributed by atoms with van der Waals surface area (Å²) in [5.74, 6) is -0.858. The van der Waals surface area contributed by atoms with Gasteiger partial charge in [-0.25, -0.2) is 17.5 Å². The van der Waals surface area contributed by atoms with Gasteiger partial charge in [-0.2, -0.15) is 5.26 Å². The first-order valence-corrected chi connectivity index (χ1v) is 7.19. The van der Waals surface area contributed by atoms with Crippen LogP contribution in [0.5, 0.6) is 0 Å². The molecular formula is C12H15FN2O3S. The molecule has 1 aromatic rings. The van der Waals surface area contributed by atoms with E-state index in [1.807, 2.05) is 0 Å². The molecule has 0 aliphatic rings. The molecule has 1 rings (SSSR count). The number of hydrogen-bond acceptors (Lipinski definition) is 4. The number of ether oxygens (including phenoxy) is 1. The standard InChI is InChI=1S/C12H15FN2O3S/c1-3-18-8-9(2)15-19(16,17)12-6-4-5-11(13)10(12)7-14/h4-6,9,15H,3,8H2,1-2H3. The third kappa shape index (κ3) is 3.99. The fraction of sp³-hybridized carbons (Fsp3) is 0.417. The summed E-state index contributed by atoms with van der Waals surface area (Å²) in [4.78, 5) is -0.363. The highest BCUT2D eigenvalue weighted by atomic mass is 32.2. The van der Waals surface area contributed by atoms with Crippen molar-refractivity contribution >= 4 is 10.0 Å². The zero-order valence-electron chi connectivity index (χ0n) is 10.7. The fourth-order valence-corrected chi connectivity index (χ4v) is 2.89. The Labute approximate surface area is 112 Å². The number of sulfonamides is 1. The van der Waals surface area contributed by atoms with Gasteiger partial charge in [0.1, 0.15) is 22.3 Å². The van der Waals surface area contributed by atoms with Gasteiger partial charge in [0.2, 0.25) is 10.0 Å². The molecule has 104 valence electrons. The van der Waals surface area contributed by atoms with Gasteiger partial charge in [0, 0.05) is 12.6 Å². The minimum atomic E-state index is -3.95. The Morgan fingerprint density at radius 2 is 2.21 bits per heavy atom. The average Bonchev–Trinajstić information content (AvgIpc) is 2.35. The number of nitrogens with one attached hydrogen (secondary N) is 1. The summed E-state index contributed by atoms with van der Waals surface area (Å²) in [5, 5.41) is 8.83. The number of rotatable bonds is 6. The molecular weight excluding hydrogens is 271 g/mol. The molecule has 1 unspecified atom stereocenters. The van der Waals surface area contributed by atoms with E-state index in [0.29, 0.717) is 6.61 Å². The van der Waals surface area contributed by atoms with Crippen LogP contribution < -0.4 is 4.72 Å². The lowest BCUT2D eigenvalue weighted by Crippen LogP contribution is -2.36. The minimum Gasteiger partial charge on any atom is -0.380 e. The van der Waals surface area contributed by atoms with Gasteiger partial charge >= 0.3 is 0 Å². The number of nitrogens with zero attached hydrogens (tertiary/aromatic N) is 1. The van der Waals surface area contributed by atoms with E-state index < -0.39 is 27.4 Å². The van der Waals surface area contributed by atoms with Crippen LogP contribution in [0.25, 0.3) is 0 Å². The monoisotopic (exact) mass is 286 g/mol. The summed E-state index contributed by atoms with van der Waals surface area (Å²) < 4.78 is 44.9. The SMILES string of the molecule is CCOCC(C)NS(=O)(=O)c1cccc(F)c1C#N. The zero-order valence-corrected chi connectivity index (χ0v) is 11.5. The van der Waals surface area contributed by atoms with E-state index in [4.69, 9.17) is 10.00 Å². The topological polar surface area (TPSA) is 79.2 Å². The predicted octanol–water partition coefficient (Wildman–Crippen LogP) is 1.40. The van der Waals surface area contributed by atoms with Crippen LogP contribution in [-0.4, -0.2) is 27.7 Å². The van der Waals surface area contributed by atoms with Gasteiger partial charge in [0.05, 0.1) is 6.61 Å². The van der Waals surface area contributed by atoms with Crippen LogP contribution in [0.4, 0.5) is 4.39 Å². The van der Waals surface area contributed by atoms with E-state index in [1.165, 1.54) is 12.1 Å². The van der Waals surface area contributed by atoms with Crippen molar-refractivity contribution in [2.45, 2.75) is 24.8 Å². The first-order valence-electron chi connectivity index (χ1n) is 5.71. The quantitative estimate of drug-likeness (QED) is 0.857.